The first kappa shape index (κ1) is 15.9. The van der Waals surface area contributed by atoms with Crippen LogP contribution in [-0.2, 0) is 6.54 Å². The van der Waals surface area contributed by atoms with Gasteiger partial charge in [-0.15, -0.1) is 0 Å². The lowest BCUT2D eigenvalue weighted by Crippen LogP contribution is -2.05. The third kappa shape index (κ3) is 3.85. The molecular formula is C17H20ClN3O2. The average Bonchev–Trinajstić information content (AvgIpc) is 3.40. The minimum absolute atomic E-state index is 0.539. The van der Waals surface area contributed by atoms with E-state index < -0.39 is 0 Å². The second kappa shape index (κ2) is 7.04. The predicted octanol–water partition coefficient (Wildman–Crippen LogP) is 4.03. The van der Waals surface area contributed by atoms with E-state index in [1.807, 2.05) is 25.1 Å². The minimum Gasteiger partial charge on any atom is -0.493 e. The Morgan fingerprint density at radius 2 is 2.17 bits per heavy atom. The van der Waals surface area contributed by atoms with Crippen molar-refractivity contribution in [2.75, 3.05) is 19.0 Å². The molecule has 1 aliphatic carbocycles. The van der Waals surface area contributed by atoms with E-state index in [1.54, 1.807) is 13.3 Å². The van der Waals surface area contributed by atoms with E-state index in [2.05, 4.69) is 15.3 Å². The van der Waals surface area contributed by atoms with Crippen LogP contribution in [0.1, 0.15) is 37.1 Å². The molecule has 23 heavy (non-hydrogen) atoms. The highest BCUT2D eigenvalue weighted by molar-refractivity contribution is 6.32. The van der Waals surface area contributed by atoms with Gasteiger partial charge in [-0.1, -0.05) is 11.6 Å². The van der Waals surface area contributed by atoms with Gasteiger partial charge in [0.1, 0.15) is 11.6 Å². The first-order valence-electron chi connectivity index (χ1n) is 7.77. The van der Waals surface area contributed by atoms with Gasteiger partial charge in [0.15, 0.2) is 11.5 Å². The molecule has 0 radical (unpaired) electrons. The van der Waals surface area contributed by atoms with Gasteiger partial charge in [-0.3, -0.25) is 0 Å². The van der Waals surface area contributed by atoms with Gasteiger partial charge in [-0.2, -0.15) is 0 Å². The molecule has 6 heteroatoms. The van der Waals surface area contributed by atoms with E-state index in [1.165, 1.54) is 12.8 Å². The Kier molecular flexibility index (Phi) is 4.86. The Labute approximate surface area is 141 Å². The summed E-state index contributed by atoms with van der Waals surface area (Å²) >= 11 is 6.29. The predicted molar refractivity (Wildman–Crippen MR) is 90.5 cm³/mol. The fourth-order valence-electron chi connectivity index (χ4n) is 2.36. The van der Waals surface area contributed by atoms with Crippen molar-refractivity contribution >= 4 is 17.4 Å². The Hall–Kier alpha value is -2.01. The summed E-state index contributed by atoms with van der Waals surface area (Å²) in [4.78, 5) is 8.87. The molecule has 0 spiro atoms. The van der Waals surface area contributed by atoms with Gasteiger partial charge in [0, 0.05) is 18.7 Å². The highest BCUT2D eigenvalue weighted by Gasteiger charge is 2.26. The van der Waals surface area contributed by atoms with Gasteiger partial charge in [-0.05, 0) is 43.5 Å². The lowest BCUT2D eigenvalue weighted by molar-refractivity contribution is 0.311. The molecule has 3 rings (SSSR count). The van der Waals surface area contributed by atoms with Crippen LogP contribution in [0.25, 0.3) is 0 Å². The highest BCUT2D eigenvalue weighted by Crippen LogP contribution is 2.38. The van der Waals surface area contributed by atoms with E-state index in [-0.39, 0.29) is 0 Å². The van der Waals surface area contributed by atoms with Crippen LogP contribution in [0.2, 0.25) is 5.02 Å². The van der Waals surface area contributed by atoms with Crippen LogP contribution in [0.3, 0.4) is 0 Å². The first-order valence-corrected chi connectivity index (χ1v) is 8.15. The van der Waals surface area contributed by atoms with Gasteiger partial charge < -0.3 is 14.8 Å². The van der Waals surface area contributed by atoms with Crippen LogP contribution < -0.4 is 14.8 Å². The van der Waals surface area contributed by atoms with Crippen LogP contribution in [0.5, 0.6) is 11.5 Å². The molecule has 1 fully saturated rings. The Bertz CT molecular complexity index is 690. The summed E-state index contributed by atoms with van der Waals surface area (Å²) in [7, 11) is 1.61. The van der Waals surface area contributed by atoms with Gasteiger partial charge in [0.25, 0.3) is 0 Å². The number of methoxy groups -OCH3 is 1. The normalized spacial score (nSPS) is 13.7. The Balaban J connectivity index is 1.72. The van der Waals surface area contributed by atoms with Gasteiger partial charge in [0.05, 0.1) is 18.7 Å². The number of hydrogen-bond acceptors (Lipinski definition) is 5. The first-order chi connectivity index (χ1) is 11.2. The number of aromatic nitrogens is 2. The van der Waals surface area contributed by atoms with Crippen molar-refractivity contribution in [3.63, 3.8) is 0 Å². The number of halogens is 1. The monoisotopic (exact) mass is 333 g/mol. The third-order valence-electron chi connectivity index (χ3n) is 3.67. The number of anilines is 1. The summed E-state index contributed by atoms with van der Waals surface area (Å²) in [6.07, 6.45) is 4.18. The van der Waals surface area contributed by atoms with Crippen LogP contribution in [0.15, 0.2) is 24.4 Å². The molecule has 1 aliphatic rings. The Morgan fingerprint density at radius 1 is 1.35 bits per heavy atom. The molecule has 0 atom stereocenters. The van der Waals surface area contributed by atoms with E-state index in [0.29, 0.717) is 35.6 Å². The van der Waals surface area contributed by atoms with E-state index in [4.69, 9.17) is 21.1 Å². The minimum atomic E-state index is 0.539. The number of benzene rings is 1. The Morgan fingerprint density at radius 3 is 2.87 bits per heavy atom. The standard InChI is InChI=1S/C17H20ClN3O2/c1-3-23-16-13(18)8-11(9-14(16)22-2)10-20-15-6-7-19-17(21-15)12-4-5-12/h6-9,12H,3-5,10H2,1-2H3,(H,19,20,21). The van der Waals surface area contributed by atoms with Crippen molar-refractivity contribution in [3.8, 4) is 11.5 Å². The number of nitrogens with one attached hydrogen (secondary N) is 1. The molecule has 1 aromatic heterocycles. The second-order valence-electron chi connectivity index (χ2n) is 5.47. The molecule has 1 saturated carbocycles. The molecule has 122 valence electrons. The third-order valence-corrected chi connectivity index (χ3v) is 3.95. The van der Waals surface area contributed by atoms with Gasteiger partial charge in [0.2, 0.25) is 0 Å². The van der Waals surface area contributed by atoms with Crippen molar-refractivity contribution in [2.45, 2.75) is 32.2 Å². The van der Waals surface area contributed by atoms with Crippen LogP contribution in [-0.4, -0.2) is 23.7 Å². The SMILES string of the molecule is CCOc1c(Cl)cc(CNc2ccnc(C3CC3)n2)cc1OC. The van der Waals surface area contributed by atoms with Gasteiger partial charge in [-0.25, -0.2) is 9.97 Å². The van der Waals surface area contributed by atoms with E-state index in [9.17, 15) is 0 Å². The molecule has 0 unspecified atom stereocenters. The zero-order valence-electron chi connectivity index (χ0n) is 13.3. The maximum Gasteiger partial charge on any atom is 0.179 e. The molecule has 1 heterocycles. The molecule has 1 aromatic carbocycles. The molecule has 0 bridgehead atoms. The number of hydrogen-bond donors (Lipinski definition) is 1. The van der Waals surface area contributed by atoms with Crippen LogP contribution >= 0.6 is 11.6 Å². The zero-order valence-corrected chi connectivity index (χ0v) is 14.1. The quantitative estimate of drug-likeness (QED) is 0.829. The summed E-state index contributed by atoms with van der Waals surface area (Å²) in [5.41, 5.74) is 1.00. The largest absolute Gasteiger partial charge is 0.493 e. The summed E-state index contributed by atoms with van der Waals surface area (Å²) in [5.74, 6) is 3.51. The molecule has 5 nitrogen and oxygen atoms in total. The number of rotatable bonds is 7. The summed E-state index contributed by atoms with van der Waals surface area (Å²) in [5, 5.41) is 3.85. The number of nitrogens with zero attached hydrogens (tertiary/aromatic N) is 2. The summed E-state index contributed by atoms with van der Waals surface area (Å²) in [6, 6.07) is 5.68. The van der Waals surface area contributed by atoms with Crippen LogP contribution in [0.4, 0.5) is 5.82 Å². The molecule has 2 aromatic rings. The average molecular weight is 334 g/mol. The van der Waals surface area contributed by atoms with Crippen molar-refractivity contribution in [3.05, 3.63) is 40.8 Å². The fourth-order valence-corrected chi connectivity index (χ4v) is 2.65. The van der Waals surface area contributed by atoms with Crippen molar-refractivity contribution in [1.29, 1.82) is 0 Å². The highest BCUT2D eigenvalue weighted by atomic mass is 35.5. The molecule has 0 saturated heterocycles. The zero-order chi connectivity index (χ0) is 16.2. The summed E-state index contributed by atoms with van der Waals surface area (Å²) in [6.45, 7) is 3.06. The van der Waals surface area contributed by atoms with Crippen molar-refractivity contribution in [1.82, 2.24) is 9.97 Å². The fraction of sp³-hybridized carbons (Fsp3) is 0.412. The maximum absolute atomic E-state index is 6.29. The van der Waals surface area contributed by atoms with Gasteiger partial charge >= 0.3 is 0 Å². The molecule has 0 aliphatic heterocycles. The lowest BCUT2D eigenvalue weighted by Gasteiger charge is -2.14. The van der Waals surface area contributed by atoms with E-state index >= 15 is 0 Å². The molecular weight excluding hydrogens is 314 g/mol. The number of ether oxygens (including phenoxy) is 2. The summed E-state index contributed by atoms with van der Waals surface area (Å²) < 4.78 is 10.9. The topological polar surface area (TPSA) is 56.3 Å². The molecule has 0 amide bonds. The van der Waals surface area contributed by atoms with Crippen molar-refractivity contribution in [2.24, 2.45) is 0 Å². The lowest BCUT2D eigenvalue weighted by atomic mass is 10.2. The smallest absolute Gasteiger partial charge is 0.179 e. The molecule has 1 N–H and O–H groups in total. The van der Waals surface area contributed by atoms with E-state index in [0.717, 1.165) is 17.2 Å². The maximum atomic E-state index is 6.29. The second-order valence-corrected chi connectivity index (χ2v) is 5.88. The van der Waals surface area contributed by atoms with Crippen molar-refractivity contribution < 1.29 is 9.47 Å². The van der Waals surface area contributed by atoms with Crippen LogP contribution in [0, 0.1) is 0 Å².